The Morgan fingerprint density at radius 2 is 1.93 bits per heavy atom. The molecule has 1 aliphatic rings. The Hall–Kier alpha value is 0.202. The largest absolute Gasteiger partial charge is 0.403 e. The molecule has 0 spiro atoms. The first-order valence-corrected chi connectivity index (χ1v) is 7.70. The summed E-state index contributed by atoms with van der Waals surface area (Å²) in [6.07, 6.45) is 3.16. The average Bonchev–Trinajstić information content (AvgIpc) is 2.17. The fourth-order valence-electron chi connectivity index (χ4n) is 2.68. The van der Waals surface area contributed by atoms with Crippen LogP contribution in [0.15, 0.2) is 0 Å². The minimum Gasteiger partial charge on any atom is -0.403 e. The van der Waals surface area contributed by atoms with Crippen LogP contribution in [0.3, 0.4) is 0 Å². The molecule has 1 fully saturated rings. The van der Waals surface area contributed by atoms with Crippen molar-refractivity contribution in [1.82, 2.24) is 0 Å². The van der Waals surface area contributed by atoms with Crippen LogP contribution in [0.1, 0.15) is 34.1 Å². The number of hydrogen-bond donors (Lipinski definition) is 0. The zero-order chi connectivity index (χ0) is 10.8. The topological polar surface area (TPSA) is 18.5 Å². The second-order valence-electron chi connectivity index (χ2n) is 4.92. The van der Waals surface area contributed by atoms with Gasteiger partial charge in [0.05, 0.1) is 0 Å². The fourth-order valence-corrected chi connectivity index (χ4v) is 6.98. The van der Waals surface area contributed by atoms with Crippen molar-refractivity contribution in [3.05, 3.63) is 0 Å². The van der Waals surface area contributed by atoms with Gasteiger partial charge in [0.1, 0.15) is 0 Å². The smallest absolute Gasteiger partial charge is 0.296 e. The Balaban J connectivity index is 2.87. The van der Waals surface area contributed by atoms with Crippen LogP contribution in [0.25, 0.3) is 0 Å². The molecule has 1 rings (SSSR count). The average molecular weight is 214 g/mol. The molecule has 0 aromatic rings. The monoisotopic (exact) mass is 214 g/mol. The lowest BCUT2D eigenvalue weighted by atomic mass is 9.60. The van der Waals surface area contributed by atoms with Gasteiger partial charge in [-0.1, -0.05) is 39.8 Å². The first kappa shape index (κ1) is 12.3. The lowest BCUT2D eigenvalue weighted by Gasteiger charge is -2.43. The molecule has 1 unspecified atom stereocenters. The zero-order valence-corrected chi connectivity index (χ0v) is 11.2. The molecule has 82 valence electrons. The van der Waals surface area contributed by atoms with Crippen molar-refractivity contribution in [3.63, 3.8) is 0 Å². The van der Waals surface area contributed by atoms with Crippen LogP contribution in [0.4, 0.5) is 0 Å². The van der Waals surface area contributed by atoms with Gasteiger partial charge in [-0.3, -0.25) is 0 Å². The molecular weight excluding hydrogens is 191 g/mol. The van der Waals surface area contributed by atoms with E-state index >= 15 is 0 Å². The molecule has 0 saturated carbocycles. The van der Waals surface area contributed by atoms with Gasteiger partial charge in [-0.2, -0.15) is 0 Å². The summed E-state index contributed by atoms with van der Waals surface area (Å²) in [5, 5.41) is 0. The summed E-state index contributed by atoms with van der Waals surface area (Å²) in [4.78, 5) is 0. The third-order valence-electron chi connectivity index (χ3n) is 3.43. The summed E-state index contributed by atoms with van der Waals surface area (Å²) < 4.78 is 11.9. The van der Waals surface area contributed by atoms with Gasteiger partial charge >= 0.3 is 0 Å². The van der Waals surface area contributed by atoms with Gasteiger partial charge in [-0.25, -0.2) is 0 Å². The summed E-state index contributed by atoms with van der Waals surface area (Å²) in [5.74, 6) is 0.685. The van der Waals surface area contributed by atoms with Gasteiger partial charge in [0.15, 0.2) is 0 Å². The predicted molar refractivity (Wildman–Crippen MR) is 64.1 cm³/mol. The highest BCUT2D eigenvalue weighted by Gasteiger charge is 2.52. The summed E-state index contributed by atoms with van der Waals surface area (Å²) in [5.41, 5.74) is 0.556. The van der Waals surface area contributed by atoms with Crippen molar-refractivity contribution >= 4 is 14.7 Å². The highest BCUT2D eigenvalue weighted by molar-refractivity contribution is 7.28. The van der Waals surface area contributed by atoms with Crippen LogP contribution >= 0.6 is 0 Å². The highest BCUT2D eigenvalue weighted by atomic mass is 28.4. The number of rotatable bonds is 3. The van der Waals surface area contributed by atoms with Crippen molar-refractivity contribution in [2.75, 3.05) is 13.7 Å². The summed E-state index contributed by atoms with van der Waals surface area (Å²) in [7, 11) is -0.0863. The summed E-state index contributed by atoms with van der Waals surface area (Å²) >= 11 is 0. The molecule has 0 amide bonds. The third kappa shape index (κ3) is 2.07. The minimum atomic E-state index is -1.93. The molecule has 0 bridgehead atoms. The van der Waals surface area contributed by atoms with Gasteiger partial charge in [0.2, 0.25) is 6.31 Å². The molecule has 1 heterocycles. The molecule has 1 aliphatic heterocycles. The normalized spacial score (nSPS) is 28.9. The quantitative estimate of drug-likeness (QED) is 0.672. The van der Waals surface area contributed by atoms with E-state index in [2.05, 4.69) is 27.7 Å². The first-order chi connectivity index (χ1) is 6.54. The van der Waals surface area contributed by atoms with Crippen molar-refractivity contribution in [2.24, 2.45) is 0 Å². The molecule has 4 heteroatoms. The standard InChI is InChI=1S/C10H23BO2Si/c1-9(2)11-7-6-8-13-14(11,12-5)10(3)4/h9-10H,6-8H2,1-5H3. The predicted octanol–water partition coefficient (Wildman–Crippen LogP) is 2.89. The Bertz CT molecular complexity index is 187. The van der Waals surface area contributed by atoms with Crippen LogP contribution in [-0.2, 0) is 8.85 Å². The van der Waals surface area contributed by atoms with Crippen molar-refractivity contribution in [1.29, 1.82) is 0 Å². The van der Waals surface area contributed by atoms with E-state index < -0.39 is 8.43 Å². The molecule has 0 radical (unpaired) electrons. The van der Waals surface area contributed by atoms with Crippen LogP contribution in [-0.4, -0.2) is 28.5 Å². The maximum atomic E-state index is 6.07. The van der Waals surface area contributed by atoms with E-state index in [1.807, 2.05) is 7.11 Å². The molecule has 0 aliphatic carbocycles. The third-order valence-corrected chi connectivity index (χ3v) is 8.32. The van der Waals surface area contributed by atoms with Gasteiger partial charge in [0.25, 0.3) is 8.43 Å². The van der Waals surface area contributed by atoms with E-state index in [-0.39, 0.29) is 0 Å². The second kappa shape index (κ2) is 4.82. The molecule has 1 saturated heterocycles. The maximum Gasteiger partial charge on any atom is 0.296 e. The Morgan fingerprint density at radius 1 is 1.29 bits per heavy atom. The van der Waals surface area contributed by atoms with Crippen molar-refractivity contribution < 1.29 is 8.85 Å². The van der Waals surface area contributed by atoms with E-state index in [4.69, 9.17) is 8.85 Å². The summed E-state index contributed by atoms with van der Waals surface area (Å²) in [6.45, 7) is 9.99. The molecule has 0 aromatic heterocycles. The van der Waals surface area contributed by atoms with E-state index in [1.54, 1.807) is 0 Å². The number of hydrogen-bond acceptors (Lipinski definition) is 2. The van der Waals surface area contributed by atoms with Crippen LogP contribution < -0.4 is 0 Å². The second-order valence-corrected chi connectivity index (χ2v) is 8.96. The molecule has 14 heavy (non-hydrogen) atoms. The van der Waals surface area contributed by atoms with E-state index in [0.29, 0.717) is 17.7 Å². The Labute approximate surface area is 89.6 Å². The van der Waals surface area contributed by atoms with Gasteiger partial charge in [-0.05, 0) is 12.0 Å². The van der Waals surface area contributed by atoms with Crippen LogP contribution in [0.2, 0.25) is 17.7 Å². The fraction of sp³-hybridized carbons (Fsp3) is 1.00. The van der Waals surface area contributed by atoms with Crippen molar-refractivity contribution in [3.8, 4) is 0 Å². The van der Waals surface area contributed by atoms with Gasteiger partial charge < -0.3 is 8.85 Å². The lowest BCUT2D eigenvalue weighted by Crippen LogP contribution is -2.61. The van der Waals surface area contributed by atoms with Gasteiger partial charge in [0, 0.05) is 13.7 Å². The molecule has 0 N–H and O–H groups in total. The molecule has 2 nitrogen and oxygen atoms in total. The minimum absolute atomic E-state index is 0.556. The molecular formula is C10H23BO2Si. The van der Waals surface area contributed by atoms with E-state index in [0.717, 1.165) is 6.61 Å². The highest BCUT2D eigenvalue weighted by Crippen LogP contribution is 2.36. The van der Waals surface area contributed by atoms with Gasteiger partial charge in [-0.15, -0.1) is 0 Å². The van der Waals surface area contributed by atoms with Crippen LogP contribution in [0, 0.1) is 0 Å². The SMILES string of the molecule is CO[Si]1(C(C)C)OCCCB1C(C)C. The summed E-state index contributed by atoms with van der Waals surface area (Å²) in [6, 6.07) is 0. The molecule has 0 aromatic carbocycles. The Kier molecular flexibility index (Phi) is 4.22. The molecule has 1 atom stereocenters. The Morgan fingerprint density at radius 3 is 2.29 bits per heavy atom. The van der Waals surface area contributed by atoms with Crippen LogP contribution in [0.5, 0.6) is 0 Å². The maximum absolute atomic E-state index is 6.07. The van der Waals surface area contributed by atoms with E-state index in [1.165, 1.54) is 12.7 Å². The zero-order valence-electron chi connectivity index (χ0n) is 10.2. The lowest BCUT2D eigenvalue weighted by molar-refractivity contribution is 0.201. The van der Waals surface area contributed by atoms with Crippen molar-refractivity contribution in [2.45, 2.75) is 51.8 Å². The first-order valence-electron chi connectivity index (χ1n) is 5.73. The van der Waals surface area contributed by atoms with E-state index in [9.17, 15) is 0 Å².